The monoisotopic (exact) mass is 511 g/mol. The molecule has 34 heavy (non-hydrogen) atoms. The second kappa shape index (κ2) is 10.6. The zero-order chi connectivity index (χ0) is 24.2. The minimum atomic E-state index is -0.157. The van der Waals surface area contributed by atoms with Gasteiger partial charge in [-0.15, -0.1) is 0 Å². The highest BCUT2D eigenvalue weighted by Gasteiger charge is 2.15. The van der Waals surface area contributed by atoms with Crippen LogP contribution in [-0.2, 0) is 11.2 Å². The minimum absolute atomic E-state index is 0.129. The van der Waals surface area contributed by atoms with Crippen LogP contribution in [0.2, 0.25) is 10.0 Å². The number of carbonyl (C=O) groups is 1. The van der Waals surface area contributed by atoms with Crippen LogP contribution < -0.4 is 10.9 Å². The Hall–Kier alpha value is -2.80. The molecule has 0 fully saturated rings. The Balaban J connectivity index is 1.54. The van der Waals surface area contributed by atoms with Crippen LogP contribution >= 0.6 is 35.0 Å². The van der Waals surface area contributed by atoms with E-state index >= 15 is 0 Å². The van der Waals surface area contributed by atoms with Gasteiger partial charge in [-0.1, -0.05) is 59.2 Å². The number of nitrogens with zero attached hydrogens (tertiary/aromatic N) is 2. The molecule has 0 aliphatic carbocycles. The van der Waals surface area contributed by atoms with Crippen molar-refractivity contribution in [3.63, 3.8) is 0 Å². The van der Waals surface area contributed by atoms with Gasteiger partial charge < -0.3 is 5.32 Å². The number of amides is 1. The van der Waals surface area contributed by atoms with Gasteiger partial charge in [-0.3, -0.25) is 14.2 Å². The first kappa shape index (κ1) is 24.3. The molecule has 1 aromatic heterocycles. The molecule has 8 heteroatoms. The maximum atomic E-state index is 13.4. The van der Waals surface area contributed by atoms with Gasteiger partial charge >= 0.3 is 0 Å². The van der Waals surface area contributed by atoms with Crippen molar-refractivity contribution < 1.29 is 4.79 Å². The summed E-state index contributed by atoms with van der Waals surface area (Å²) in [6.07, 6.45) is 0.591. The molecule has 0 radical (unpaired) electrons. The molecule has 0 saturated heterocycles. The molecule has 0 aliphatic heterocycles. The minimum Gasteiger partial charge on any atom is -0.355 e. The molecule has 1 heterocycles. The van der Waals surface area contributed by atoms with E-state index in [4.69, 9.17) is 28.2 Å². The van der Waals surface area contributed by atoms with Gasteiger partial charge in [0, 0.05) is 16.6 Å². The Labute approximate surface area is 212 Å². The van der Waals surface area contributed by atoms with Gasteiger partial charge in [-0.25, -0.2) is 4.98 Å². The lowest BCUT2D eigenvalue weighted by Gasteiger charge is -2.14. The van der Waals surface area contributed by atoms with Gasteiger partial charge in [0.1, 0.15) is 0 Å². The number of fused-ring (bicyclic) bond motifs is 1. The number of hydrogen-bond donors (Lipinski definition) is 1. The van der Waals surface area contributed by atoms with E-state index in [1.165, 1.54) is 11.8 Å². The molecule has 0 spiro atoms. The summed E-state index contributed by atoms with van der Waals surface area (Å²) in [4.78, 5) is 30.6. The Morgan fingerprint density at radius 2 is 1.76 bits per heavy atom. The molecular weight excluding hydrogens is 489 g/mol. The maximum absolute atomic E-state index is 13.4. The quantitative estimate of drug-likeness (QED) is 0.253. The van der Waals surface area contributed by atoms with Crippen LogP contribution in [0.15, 0.2) is 70.6 Å². The fourth-order valence-electron chi connectivity index (χ4n) is 3.76. The van der Waals surface area contributed by atoms with Crippen LogP contribution in [0.4, 0.5) is 0 Å². The molecule has 1 amide bonds. The number of halogens is 2. The average Bonchev–Trinajstić information content (AvgIpc) is 2.78. The van der Waals surface area contributed by atoms with Gasteiger partial charge in [0.2, 0.25) is 5.91 Å². The molecule has 1 N–H and O–H groups in total. The Morgan fingerprint density at radius 3 is 2.50 bits per heavy atom. The van der Waals surface area contributed by atoms with Gasteiger partial charge in [0.05, 0.1) is 22.3 Å². The van der Waals surface area contributed by atoms with Crippen molar-refractivity contribution in [3.8, 4) is 5.69 Å². The van der Waals surface area contributed by atoms with Crippen LogP contribution in [-0.4, -0.2) is 27.8 Å². The number of aryl methyl sites for hydroxylation is 2. The largest absolute Gasteiger partial charge is 0.355 e. The number of benzene rings is 3. The van der Waals surface area contributed by atoms with E-state index in [0.717, 1.165) is 22.4 Å². The van der Waals surface area contributed by atoms with Gasteiger partial charge in [-0.2, -0.15) is 0 Å². The number of hydrogen-bond acceptors (Lipinski definition) is 4. The standard InChI is InChI=1S/C26H23Cl2N3O2S/c1-16-11-17(2)13-20(12-16)31-25(33)21-5-3-4-6-23(21)30-26(31)34-15-24(32)29-10-9-18-7-8-19(27)14-22(18)28/h3-8,11-14H,9-10,15H2,1-2H3,(H,29,32). The maximum Gasteiger partial charge on any atom is 0.266 e. The van der Waals surface area contributed by atoms with Crippen molar-refractivity contribution in [3.05, 3.63) is 97.8 Å². The highest BCUT2D eigenvalue weighted by Crippen LogP contribution is 2.23. The average molecular weight is 512 g/mol. The first-order valence-corrected chi connectivity index (χ1v) is 12.5. The van der Waals surface area contributed by atoms with Crippen LogP contribution in [0, 0.1) is 13.8 Å². The molecule has 4 rings (SSSR count). The summed E-state index contributed by atoms with van der Waals surface area (Å²) in [5.74, 6) is -0.0197. The highest BCUT2D eigenvalue weighted by atomic mass is 35.5. The fraction of sp³-hybridized carbons (Fsp3) is 0.192. The molecule has 0 saturated carbocycles. The molecular formula is C26H23Cl2N3O2S. The first-order chi connectivity index (χ1) is 16.3. The third-order valence-corrected chi connectivity index (χ3v) is 6.80. The third kappa shape index (κ3) is 5.63. The van der Waals surface area contributed by atoms with E-state index in [1.807, 2.05) is 50.2 Å². The first-order valence-electron chi connectivity index (χ1n) is 10.8. The Kier molecular flexibility index (Phi) is 7.61. The molecule has 0 bridgehead atoms. The smallest absolute Gasteiger partial charge is 0.266 e. The van der Waals surface area contributed by atoms with E-state index in [0.29, 0.717) is 39.1 Å². The number of nitrogens with one attached hydrogen (secondary N) is 1. The summed E-state index contributed by atoms with van der Waals surface area (Å²) >= 11 is 13.4. The van der Waals surface area contributed by atoms with Crippen molar-refractivity contribution in [2.75, 3.05) is 12.3 Å². The lowest BCUT2D eigenvalue weighted by atomic mass is 10.1. The number of aromatic nitrogens is 2. The van der Waals surface area contributed by atoms with Crippen LogP contribution in [0.5, 0.6) is 0 Å². The summed E-state index contributed by atoms with van der Waals surface area (Å²) in [5.41, 5.74) is 4.19. The van der Waals surface area contributed by atoms with Gasteiger partial charge in [0.15, 0.2) is 5.16 Å². The molecule has 4 aromatic rings. The topological polar surface area (TPSA) is 64.0 Å². The van der Waals surface area contributed by atoms with Crippen molar-refractivity contribution in [1.82, 2.24) is 14.9 Å². The summed E-state index contributed by atoms with van der Waals surface area (Å²) in [6, 6.07) is 18.5. The molecule has 3 aromatic carbocycles. The molecule has 174 valence electrons. The summed E-state index contributed by atoms with van der Waals surface area (Å²) < 4.78 is 1.59. The molecule has 5 nitrogen and oxygen atoms in total. The predicted octanol–water partition coefficient (Wildman–Crippen LogP) is 5.76. The van der Waals surface area contributed by atoms with E-state index < -0.39 is 0 Å². The summed E-state index contributed by atoms with van der Waals surface area (Å²) in [5, 5.41) is 5.07. The summed E-state index contributed by atoms with van der Waals surface area (Å²) in [7, 11) is 0. The zero-order valence-electron chi connectivity index (χ0n) is 18.8. The second-order valence-corrected chi connectivity index (χ2v) is 9.81. The van der Waals surface area contributed by atoms with Crippen LogP contribution in [0.3, 0.4) is 0 Å². The van der Waals surface area contributed by atoms with Gasteiger partial charge in [0.25, 0.3) is 5.56 Å². The number of thioether (sulfide) groups is 1. The van der Waals surface area contributed by atoms with E-state index in [1.54, 1.807) is 22.8 Å². The predicted molar refractivity (Wildman–Crippen MR) is 141 cm³/mol. The lowest BCUT2D eigenvalue weighted by molar-refractivity contribution is -0.118. The van der Waals surface area contributed by atoms with Crippen molar-refractivity contribution in [1.29, 1.82) is 0 Å². The molecule has 0 atom stereocenters. The number of para-hydroxylation sites is 1. The van der Waals surface area contributed by atoms with Crippen molar-refractivity contribution >= 4 is 51.8 Å². The summed E-state index contributed by atoms with van der Waals surface area (Å²) in [6.45, 7) is 4.42. The molecule has 0 aliphatic rings. The lowest BCUT2D eigenvalue weighted by Crippen LogP contribution is -2.28. The third-order valence-electron chi connectivity index (χ3n) is 5.27. The van der Waals surface area contributed by atoms with E-state index in [2.05, 4.69) is 11.4 Å². The van der Waals surface area contributed by atoms with Crippen LogP contribution in [0.25, 0.3) is 16.6 Å². The SMILES string of the molecule is Cc1cc(C)cc(-n2c(SCC(=O)NCCc3ccc(Cl)cc3Cl)nc3ccccc3c2=O)c1. The fourth-order valence-corrected chi connectivity index (χ4v) is 5.10. The van der Waals surface area contributed by atoms with Crippen LogP contribution in [0.1, 0.15) is 16.7 Å². The molecule has 0 unspecified atom stereocenters. The van der Waals surface area contributed by atoms with Crippen molar-refractivity contribution in [2.45, 2.75) is 25.4 Å². The Bertz CT molecular complexity index is 1420. The normalized spacial score (nSPS) is 11.1. The van der Waals surface area contributed by atoms with Crippen molar-refractivity contribution in [2.24, 2.45) is 0 Å². The van der Waals surface area contributed by atoms with Gasteiger partial charge in [-0.05, 0) is 73.4 Å². The number of rotatable bonds is 7. The Morgan fingerprint density at radius 1 is 1.03 bits per heavy atom. The number of carbonyl (C=O) groups excluding carboxylic acids is 1. The van der Waals surface area contributed by atoms with E-state index in [-0.39, 0.29) is 17.2 Å². The second-order valence-electron chi connectivity index (χ2n) is 8.02. The van der Waals surface area contributed by atoms with E-state index in [9.17, 15) is 9.59 Å². The zero-order valence-corrected chi connectivity index (χ0v) is 21.1. The highest BCUT2D eigenvalue weighted by molar-refractivity contribution is 7.99.